The van der Waals surface area contributed by atoms with Crippen molar-refractivity contribution in [2.24, 2.45) is 0 Å². The SMILES string of the molecule is Oc1cc(F)ccc1C(c1ccc(F)cc1)N1CCNCC1. The zero-order chi connectivity index (χ0) is 15.5. The van der Waals surface area contributed by atoms with Gasteiger partial charge in [0, 0.05) is 37.8 Å². The molecule has 0 aromatic heterocycles. The molecule has 0 saturated carbocycles. The molecule has 1 aliphatic heterocycles. The number of nitrogens with one attached hydrogen (secondary N) is 1. The standard InChI is InChI=1S/C17H18F2N2O/c18-13-3-1-12(2-4-13)17(21-9-7-20-8-10-21)15-6-5-14(19)11-16(15)22/h1-6,11,17,20,22H,7-10H2. The Balaban J connectivity index is 2.03. The number of aromatic hydroxyl groups is 1. The van der Waals surface area contributed by atoms with Gasteiger partial charge in [-0.3, -0.25) is 4.90 Å². The van der Waals surface area contributed by atoms with Crippen LogP contribution in [0.5, 0.6) is 5.75 Å². The lowest BCUT2D eigenvalue weighted by Crippen LogP contribution is -2.45. The maximum Gasteiger partial charge on any atom is 0.126 e. The van der Waals surface area contributed by atoms with Crippen molar-refractivity contribution in [1.29, 1.82) is 0 Å². The van der Waals surface area contributed by atoms with Crippen molar-refractivity contribution in [2.45, 2.75) is 6.04 Å². The Morgan fingerprint density at radius 3 is 2.23 bits per heavy atom. The topological polar surface area (TPSA) is 35.5 Å². The summed E-state index contributed by atoms with van der Waals surface area (Å²) >= 11 is 0. The molecule has 2 aromatic carbocycles. The highest BCUT2D eigenvalue weighted by Gasteiger charge is 2.26. The molecule has 1 heterocycles. The Kier molecular flexibility index (Phi) is 4.36. The monoisotopic (exact) mass is 304 g/mol. The van der Waals surface area contributed by atoms with E-state index in [1.54, 1.807) is 18.2 Å². The summed E-state index contributed by atoms with van der Waals surface area (Å²) in [5.41, 5.74) is 1.51. The Hall–Kier alpha value is -1.98. The first kappa shape index (κ1) is 14.9. The quantitative estimate of drug-likeness (QED) is 0.915. The number of phenols is 1. The number of hydrogen-bond acceptors (Lipinski definition) is 3. The number of piperazine rings is 1. The van der Waals surface area contributed by atoms with Gasteiger partial charge in [0.2, 0.25) is 0 Å². The highest BCUT2D eigenvalue weighted by Crippen LogP contribution is 2.34. The third-order valence-electron chi connectivity index (χ3n) is 3.99. The van der Waals surface area contributed by atoms with Crippen molar-refractivity contribution in [3.8, 4) is 5.75 Å². The molecule has 3 nitrogen and oxygen atoms in total. The summed E-state index contributed by atoms with van der Waals surface area (Å²) in [5.74, 6) is -0.849. The average Bonchev–Trinajstić information content (AvgIpc) is 2.52. The predicted molar refractivity (Wildman–Crippen MR) is 80.8 cm³/mol. The van der Waals surface area contributed by atoms with Gasteiger partial charge in [0.25, 0.3) is 0 Å². The van der Waals surface area contributed by atoms with E-state index in [2.05, 4.69) is 10.2 Å². The molecule has 0 radical (unpaired) electrons. The molecule has 2 N–H and O–H groups in total. The summed E-state index contributed by atoms with van der Waals surface area (Å²) in [6.45, 7) is 3.30. The van der Waals surface area contributed by atoms with Crippen LogP contribution in [0, 0.1) is 11.6 Å². The second-order valence-electron chi connectivity index (χ2n) is 5.44. The first-order valence-corrected chi connectivity index (χ1v) is 7.34. The number of hydrogen-bond donors (Lipinski definition) is 2. The summed E-state index contributed by atoms with van der Waals surface area (Å²) in [6.07, 6.45) is 0. The zero-order valence-corrected chi connectivity index (χ0v) is 12.1. The number of halogens is 2. The summed E-state index contributed by atoms with van der Waals surface area (Å²) in [5, 5.41) is 13.4. The molecule has 1 saturated heterocycles. The van der Waals surface area contributed by atoms with Gasteiger partial charge in [-0.15, -0.1) is 0 Å². The molecule has 1 fully saturated rings. The van der Waals surface area contributed by atoms with E-state index in [-0.39, 0.29) is 17.6 Å². The zero-order valence-electron chi connectivity index (χ0n) is 12.1. The summed E-state index contributed by atoms with van der Waals surface area (Å²) in [7, 11) is 0. The fourth-order valence-electron chi connectivity index (χ4n) is 2.92. The van der Waals surface area contributed by atoms with Crippen LogP contribution in [-0.4, -0.2) is 36.2 Å². The molecule has 2 aromatic rings. The second-order valence-corrected chi connectivity index (χ2v) is 5.44. The lowest BCUT2D eigenvalue weighted by molar-refractivity contribution is 0.195. The van der Waals surface area contributed by atoms with Crippen LogP contribution in [-0.2, 0) is 0 Å². The minimum absolute atomic E-state index is 0.0761. The molecule has 5 heteroatoms. The van der Waals surface area contributed by atoms with Gasteiger partial charge in [0.15, 0.2) is 0 Å². The van der Waals surface area contributed by atoms with E-state index in [1.807, 2.05) is 0 Å². The summed E-state index contributed by atoms with van der Waals surface area (Å²) in [6, 6.07) is 10.1. The van der Waals surface area contributed by atoms with E-state index in [0.717, 1.165) is 37.8 Å². The van der Waals surface area contributed by atoms with Crippen LogP contribution in [0.3, 0.4) is 0 Å². The Morgan fingerprint density at radius 1 is 0.955 bits per heavy atom. The van der Waals surface area contributed by atoms with Crippen molar-refractivity contribution in [3.63, 3.8) is 0 Å². The smallest absolute Gasteiger partial charge is 0.126 e. The van der Waals surface area contributed by atoms with Crippen molar-refractivity contribution in [1.82, 2.24) is 10.2 Å². The fourth-order valence-corrected chi connectivity index (χ4v) is 2.92. The molecule has 1 aliphatic rings. The van der Waals surface area contributed by atoms with Crippen LogP contribution < -0.4 is 5.32 Å². The molecule has 1 atom stereocenters. The van der Waals surface area contributed by atoms with Gasteiger partial charge in [-0.05, 0) is 23.8 Å². The van der Waals surface area contributed by atoms with E-state index in [9.17, 15) is 13.9 Å². The van der Waals surface area contributed by atoms with Crippen LogP contribution >= 0.6 is 0 Å². The van der Waals surface area contributed by atoms with E-state index in [4.69, 9.17) is 0 Å². The summed E-state index contributed by atoms with van der Waals surface area (Å²) in [4.78, 5) is 2.21. The molecule has 0 bridgehead atoms. The van der Waals surface area contributed by atoms with Crippen LogP contribution in [0.2, 0.25) is 0 Å². The molecular weight excluding hydrogens is 286 g/mol. The summed E-state index contributed by atoms with van der Waals surface area (Å²) < 4.78 is 26.5. The lowest BCUT2D eigenvalue weighted by atomic mass is 9.95. The third kappa shape index (κ3) is 3.10. The highest BCUT2D eigenvalue weighted by molar-refractivity contribution is 5.41. The second kappa shape index (κ2) is 6.42. The Labute approximate surface area is 128 Å². The van der Waals surface area contributed by atoms with Gasteiger partial charge in [-0.1, -0.05) is 18.2 Å². The fraction of sp³-hybridized carbons (Fsp3) is 0.294. The van der Waals surface area contributed by atoms with Crippen molar-refractivity contribution < 1.29 is 13.9 Å². The molecule has 0 amide bonds. The van der Waals surface area contributed by atoms with Gasteiger partial charge in [0.05, 0.1) is 6.04 Å². The first-order valence-electron chi connectivity index (χ1n) is 7.34. The third-order valence-corrected chi connectivity index (χ3v) is 3.99. The number of benzene rings is 2. The normalized spacial score (nSPS) is 17.4. The van der Waals surface area contributed by atoms with Crippen LogP contribution in [0.25, 0.3) is 0 Å². The van der Waals surface area contributed by atoms with E-state index in [0.29, 0.717) is 5.56 Å². The van der Waals surface area contributed by atoms with Gasteiger partial charge in [-0.2, -0.15) is 0 Å². The maximum absolute atomic E-state index is 13.3. The van der Waals surface area contributed by atoms with Gasteiger partial charge >= 0.3 is 0 Å². The molecule has 3 rings (SSSR count). The minimum atomic E-state index is -0.473. The van der Waals surface area contributed by atoms with E-state index >= 15 is 0 Å². The average molecular weight is 304 g/mol. The number of nitrogens with zero attached hydrogens (tertiary/aromatic N) is 1. The van der Waals surface area contributed by atoms with Crippen LogP contribution in [0.1, 0.15) is 17.2 Å². The van der Waals surface area contributed by atoms with Crippen molar-refractivity contribution >= 4 is 0 Å². The number of rotatable bonds is 3. The maximum atomic E-state index is 13.3. The van der Waals surface area contributed by atoms with Crippen LogP contribution in [0.15, 0.2) is 42.5 Å². The van der Waals surface area contributed by atoms with Gasteiger partial charge in [-0.25, -0.2) is 8.78 Å². The van der Waals surface area contributed by atoms with E-state index in [1.165, 1.54) is 18.2 Å². The molecule has 116 valence electrons. The van der Waals surface area contributed by atoms with Crippen LogP contribution in [0.4, 0.5) is 8.78 Å². The molecule has 0 aliphatic carbocycles. The molecule has 22 heavy (non-hydrogen) atoms. The highest BCUT2D eigenvalue weighted by atomic mass is 19.1. The first-order chi connectivity index (χ1) is 10.6. The Bertz CT molecular complexity index is 640. The van der Waals surface area contributed by atoms with E-state index < -0.39 is 5.82 Å². The largest absolute Gasteiger partial charge is 0.507 e. The predicted octanol–water partition coefficient (Wildman–Crippen LogP) is 2.67. The molecule has 1 unspecified atom stereocenters. The van der Waals surface area contributed by atoms with Crippen molar-refractivity contribution in [3.05, 3.63) is 65.2 Å². The van der Waals surface area contributed by atoms with Gasteiger partial charge < -0.3 is 10.4 Å². The Morgan fingerprint density at radius 2 is 1.59 bits per heavy atom. The lowest BCUT2D eigenvalue weighted by Gasteiger charge is -2.35. The molecule has 0 spiro atoms. The number of phenolic OH excluding ortho intramolecular Hbond substituents is 1. The van der Waals surface area contributed by atoms with Crippen molar-refractivity contribution in [2.75, 3.05) is 26.2 Å². The van der Waals surface area contributed by atoms with Gasteiger partial charge in [0.1, 0.15) is 17.4 Å². The molecular formula is C17H18F2N2O. The minimum Gasteiger partial charge on any atom is -0.507 e.